The predicted octanol–water partition coefficient (Wildman–Crippen LogP) is 2.63. The van der Waals surface area contributed by atoms with Crippen LogP contribution in [-0.4, -0.2) is 53.5 Å². The Morgan fingerprint density at radius 1 is 1.12 bits per heavy atom. The fourth-order valence-electron chi connectivity index (χ4n) is 3.07. The van der Waals surface area contributed by atoms with E-state index in [0.717, 1.165) is 55.6 Å². The van der Waals surface area contributed by atoms with Gasteiger partial charge in [0.1, 0.15) is 5.82 Å². The number of hydrogen-bond donors (Lipinski definition) is 2. The van der Waals surface area contributed by atoms with E-state index in [4.69, 9.17) is 4.98 Å². The highest BCUT2D eigenvalue weighted by atomic mass is 16.1. The molecule has 0 radical (unpaired) electrons. The lowest BCUT2D eigenvalue weighted by Crippen LogP contribution is -2.46. The van der Waals surface area contributed by atoms with E-state index in [2.05, 4.69) is 32.3 Å². The molecule has 7 heteroatoms. The van der Waals surface area contributed by atoms with Gasteiger partial charge in [-0.1, -0.05) is 13.0 Å². The molecular weight excluding hydrogens is 328 g/mol. The Labute approximate surface area is 154 Å². The van der Waals surface area contributed by atoms with Crippen molar-refractivity contribution in [2.75, 3.05) is 48.3 Å². The van der Waals surface area contributed by atoms with Crippen LogP contribution in [0, 0.1) is 6.92 Å². The number of hydrogen-bond acceptors (Lipinski definition) is 6. The molecular formula is C19H26N6O. The highest BCUT2D eigenvalue weighted by Gasteiger charge is 2.17. The van der Waals surface area contributed by atoms with E-state index in [0.29, 0.717) is 5.95 Å². The topological polar surface area (TPSA) is 73.4 Å². The van der Waals surface area contributed by atoms with Crippen molar-refractivity contribution in [2.45, 2.75) is 20.8 Å². The number of aryl methyl sites for hydroxylation is 1. The van der Waals surface area contributed by atoms with Gasteiger partial charge in [-0.15, -0.1) is 0 Å². The van der Waals surface area contributed by atoms with Crippen LogP contribution in [-0.2, 0) is 4.79 Å². The normalized spacial score (nSPS) is 15.0. The lowest BCUT2D eigenvalue weighted by Gasteiger charge is -2.34. The standard InChI is InChI=1S/C19H26N6O/c1-4-24-8-10-25(11-9-24)18-12-14(2)20-19(23-18)22-17-7-5-6-16(13-17)21-15(3)26/h5-7,12-13H,4,8-11H2,1-3H3,(H,21,26)(H,20,22,23). The van der Waals surface area contributed by atoms with Gasteiger partial charge in [0.05, 0.1) is 0 Å². The van der Waals surface area contributed by atoms with Gasteiger partial charge in [0.2, 0.25) is 11.9 Å². The largest absolute Gasteiger partial charge is 0.354 e. The average molecular weight is 354 g/mol. The van der Waals surface area contributed by atoms with E-state index in [1.54, 1.807) is 0 Å². The Morgan fingerprint density at radius 2 is 1.85 bits per heavy atom. The third-order valence-corrected chi connectivity index (χ3v) is 4.42. The SMILES string of the molecule is CCN1CCN(c2cc(C)nc(Nc3cccc(NC(C)=O)c3)n2)CC1. The smallest absolute Gasteiger partial charge is 0.229 e. The highest BCUT2D eigenvalue weighted by molar-refractivity contribution is 5.89. The minimum atomic E-state index is -0.0949. The molecule has 3 rings (SSSR count). The first kappa shape index (κ1) is 18.1. The van der Waals surface area contributed by atoms with E-state index in [-0.39, 0.29) is 5.91 Å². The minimum absolute atomic E-state index is 0.0949. The second kappa shape index (κ2) is 8.14. The monoisotopic (exact) mass is 354 g/mol. The van der Waals surface area contributed by atoms with Gasteiger partial charge < -0.3 is 20.4 Å². The molecule has 1 fully saturated rings. The van der Waals surface area contributed by atoms with E-state index in [1.807, 2.05) is 37.3 Å². The molecule has 1 amide bonds. The van der Waals surface area contributed by atoms with Crippen molar-refractivity contribution in [3.63, 3.8) is 0 Å². The maximum Gasteiger partial charge on any atom is 0.229 e. The molecule has 2 aromatic rings. The van der Waals surface area contributed by atoms with Gasteiger partial charge in [0, 0.05) is 56.2 Å². The van der Waals surface area contributed by atoms with Crippen molar-refractivity contribution in [1.82, 2.24) is 14.9 Å². The number of likely N-dealkylation sites (N-methyl/N-ethyl adjacent to an activating group) is 1. The molecule has 1 aromatic carbocycles. The summed E-state index contributed by atoms with van der Waals surface area (Å²) in [5, 5.41) is 6.03. The molecule has 2 N–H and O–H groups in total. The van der Waals surface area contributed by atoms with Gasteiger partial charge in [-0.3, -0.25) is 4.79 Å². The molecule has 0 aliphatic carbocycles. The van der Waals surface area contributed by atoms with Gasteiger partial charge >= 0.3 is 0 Å². The summed E-state index contributed by atoms with van der Waals surface area (Å²) in [7, 11) is 0. The van der Waals surface area contributed by atoms with Crippen LogP contribution >= 0.6 is 0 Å². The average Bonchev–Trinajstić information content (AvgIpc) is 2.61. The van der Waals surface area contributed by atoms with Crippen molar-refractivity contribution >= 4 is 29.0 Å². The zero-order valence-electron chi connectivity index (χ0n) is 15.6. The van der Waals surface area contributed by atoms with Crippen LogP contribution in [0.4, 0.5) is 23.1 Å². The van der Waals surface area contributed by atoms with Crippen LogP contribution in [0.5, 0.6) is 0 Å². The first-order valence-electron chi connectivity index (χ1n) is 9.01. The van der Waals surface area contributed by atoms with Crippen molar-refractivity contribution in [2.24, 2.45) is 0 Å². The van der Waals surface area contributed by atoms with Crippen LogP contribution in [0.25, 0.3) is 0 Å². The molecule has 0 atom stereocenters. The van der Waals surface area contributed by atoms with Gasteiger partial charge in [-0.05, 0) is 31.7 Å². The fraction of sp³-hybridized carbons (Fsp3) is 0.421. The summed E-state index contributed by atoms with van der Waals surface area (Å²) in [5.41, 5.74) is 2.50. The summed E-state index contributed by atoms with van der Waals surface area (Å²) >= 11 is 0. The summed E-state index contributed by atoms with van der Waals surface area (Å²) in [6.45, 7) is 10.8. The Balaban J connectivity index is 1.75. The number of benzene rings is 1. The second-order valence-electron chi connectivity index (χ2n) is 6.50. The first-order chi connectivity index (χ1) is 12.5. The van der Waals surface area contributed by atoms with Crippen molar-refractivity contribution < 1.29 is 4.79 Å². The highest BCUT2D eigenvalue weighted by Crippen LogP contribution is 2.21. The molecule has 1 aliphatic rings. The van der Waals surface area contributed by atoms with Crippen LogP contribution in [0.2, 0.25) is 0 Å². The molecule has 0 saturated carbocycles. The van der Waals surface area contributed by atoms with Gasteiger partial charge in [0.25, 0.3) is 0 Å². The molecule has 0 spiro atoms. The second-order valence-corrected chi connectivity index (χ2v) is 6.50. The van der Waals surface area contributed by atoms with Gasteiger partial charge in [0.15, 0.2) is 0 Å². The zero-order valence-corrected chi connectivity index (χ0v) is 15.6. The van der Waals surface area contributed by atoms with E-state index < -0.39 is 0 Å². The van der Waals surface area contributed by atoms with Crippen molar-refractivity contribution in [1.29, 1.82) is 0 Å². The quantitative estimate of drug-likeness (QED) is 0.860. The summed E-state index contributed by atoms with van der Waals surface area (Å²) in [6, 6.07) is 9.56. The molecule has 1 aliphatic heterocycles. The Kier molecular flexibility index (Phi) is 5.68. The fourth-order valence-corrected chi connectivity index (χ4v) is 3.07. The molecule has 26 heavy (non-hydrogen) atoms. The molecule has 1 aromatic heterocycles. The number of rotatable bonds is 5. The van der Waals surface area contributed by atoms with Crippen molar-refractivity contribution in [3.8, 4) is 0 Å². The molecule has 1 saturated heterocycles. The maximum atomic E-state index is 11.2. The van der Waals surface area contributed by atoms with Gasteiger partial charge in [-0.25, -0.2) is 4.98 Å². The van der Waals surface area contributed by atoms with Crippen molar-refractivity contribution in [3.05, 3.63) is 36.0 Å². The van der Waals surface area contributed by atoms with Crippen LogP contribution in [0.15, 0.2) is 30.3 Å². The van der Waals surface area contributed by atoms with E-state index in [9.17, 15) is 4.79 Å². The maximum absolute atomic E-state index is 11.2. The Hall–Kier alpha value is -2.67. The lowest BCUT2D eigenvalue weighted by molar-refractivity contribution is -0.114. The molecule has 138 valence electrons. The third kappa shape index (κ3) is 4.70. The number of carbonyl (C=O) groups is 1. The number of aromatic nitrogens is 2. The zero-order chi connectivity index (χ0) is 18.5. The van der Waals surface area contributed by atoms with Crippen LogP contribution < -0.4 is 15.5 Å². The number of anilines is 4. The number of amides is 1. The molecule has 7 nitrogen and oxygen atoms in total. The number of nitrogens with one attached hydrogen (secondary N) is 2. The minimum Gasteiger partial charge on any atom is -0.354 e. The summed E-state index contributed by atoms with van der Waals surface area (Å²) < 4.78 is 0. The lowest BCUT2D eigenvalue weighted by atomic mass is 10.2. The molecule has 0 bridgehead atoms. The van der Waals surface area contributed by atoms with Gasteiger partial charge in [-0.2, -0.15) is 4.98 Å². The van der Waals surface area contributed by atoms with Crippen LogP contribution in [0.3, 0.4) is 0 Å². The van der Waals surface area contributed by atoms with E-state index in [1.165, 1.54) is 6.92 Å². The van der Waals surface area contributed by atoms with E-state index >= 15 is 0 Å². The first-order valence-corrected chi connectivity index (χ1v) is 9.01. The third-order valence-electron chi connectivity index (χ3n) is 4.42. The number of carbonyl (C=O) groups excluding carboxylic acids is 1. The Bertz CT molecular complexity index is 770. The summed E-state index contributed by atoms with van der Waals surface area (Å²) in [5.74, 6) is 1.43. The molecule has 2 heterocycles. The summed E-state index contributed by atoms with van der Waals surface area (Å²) in [6.07, 6.45) is 0. The van der Waals surface area contributed by atoms with Crippen LogP contribution in [0.1, 0.15) is 19.5 Å². The number of piperazine rings is 1. The Morgan fingerprint density at radius 3 is 2.54 bits per heavy atom. The number of nitrogens with zero attached hydrogens (tertiary/aromatic N) is 4. The molecule has 0 unspecified atom stereocenters. The summed E-state index contributed by atoms with van der Waals surface area (Å²) in [4.78, 5) is 25.2. The predicted molar refractivity (Wildman–Crippen MR) is 105 cm³/mol.